The molecule has 0 aliphatic rings. The summed E-state index contributed by atoms with van der Waals surface area (Å²) < 4.78 is 18.5. The number of rotatable bonds is 8. The molecule has 2 aromatic rings. The van der Waals surface area contributed by atoms with Gasteiger partial charge in [0.1, 0.15) is 11.5 Å². The van der Waals surface area contributed by atoms with E-state index in [1.54, 1.807) is 36.4 Å². The molecular weight excluding hydrogens is 378 g/mol. The average Bonchev–Trinajstić information content (AvgIpc) is 2.73. The Morgan fingerprint density at radius 2 is 1.17 bits per heavy atom. The van der Waals surface area contributed by atoms with Crippen LogP contribution in [0.25, 0.3) is 0 Å². The fourth-order valence-corrected chi connectivity index (χ4v) is 1.97. The van der Waals surface area contributed by atoms with Crippen molar-refractivity contribution in [3.8, 4) is 11.5 Å². The number of benzene rings is 2. The van der Waals surface area contributed by atoms with Crippen LogP contribution in [0.4, 0.5) is 0 Å². The van der Waals surface area contributed by atoms with E-state index in [0.717, 1.165) is 0 Å². The molecule has 29 heavy (non-hydrogen) atoms. The molecule has 0 saturated carbocycles. The summed E-state index contributed by atoms with van der Waals surface area (Å²) in [5.41, 5.74) is 0.255. The van der Waals surface area contributed by atoms with Crippen molar-refractivity contribution in [2.75, 3.05) is 14.2 Å². The Morgan fingerprint density at radius 1 is 0.793 bits per heavy atom. The standard InChI is InChI=1S/C16H14BN4O7.Li/c1-25-13-9-5-3-7-11(13)15(22)18-20-27-17(24)28-21-19-16(23)12-8-4-6-10-14(12)26-2;/h3-10H,1-2H3;/q-1;+1. The summed E-state index contributed by atoms with van der Waals surface area (Å²) in [6, 6.07) is 12.6. The van der Waals surface area contributed by atoms with Gasteiger partial charge in [0.2, 0.25) is 0 Å². The van der Waals surface area contributed by atoms with Gasteiger partial charge in [-0.1, -0.05) is 34.5 Å². The third kappa shape index (κ3) is 7.04. The van der Waals surface area contributed by atoms with Gasteiger partial charge < -0.3 is 24.0 Å². The first kappa shape index (κ1) is 23.8. The largest absolute Gasteiger partial charge is 1.00 e. The third-order valence-electron chi connectivity index (χ3n) is 3.20. The predicted octanol–water partition coefficient (Wildman–Crippen LogP) is -1.20. The number of para-hydroxylation sites is 2. The number of ether oxygens (including phenoxy) is 2. The van der Waals surface area contributed by atoms with Crippen molar-refractivity contribution in [3.05, 3.63) is 59.7 Å². The topological polar surface area (TPSA) is 144 Å². The number of amides is 2. The second-order valence-electron chi connectivity index (χ2n) is 4.87. The molecule has 0 spiro atoms. The van der Waals surface area contributed by atoms with Gasteiger partial charge in [-0.3, -0.25) is 9.59 Å². The maximum atomic E-state index is 11.9. The van der Waals surface area contributed by atoms with Gasteiger partial charge in [-0.25, -0.2) is 0 Å². The predicted molar refractivity (Wildman–Crippen MR) is 92.3 cm³/mol. The molecule has 0 N–H and O–H groups in total. The molecule has 2 aromatic carbocycles. The first-order valence-corrected chi connectivity index (χ1v) is 7.71. The fraction of sp³-hybridized carbons (Fsp3) is 0.125. The normalized spacial score (nSPS) is 10.3. The minimum absolute atomic E-state index is 0. The molecule has 0 aliphatic heterocycles. The quantitative estimate of drug-likeness (QED) is 0.312. The van der Waals surface area contributed by atoms with E-state index in [4.69, 9.17) is 9.47 Å². The number of methoxy groups -OCH3 is 2. The van der Waals surface area contributed by atoms with Crippen LogP contribution in [-0.2, 0) is 9.51 Å². The molecule has 13 heteroatoms. The number of hydrogen-bond acceptors (Lipinski definition) is 9. The molecule has 0 aliphatic carbocycles. The van der Waals surface area contributed by atoms with E-state index >= 15 is 0 Å². The zero-order chi connectivity index (χ0) is 20.4. The fourth-order valence-electron chi connectivity index (χ4n) is 1.97. The van der Waals surface area contributed by atoms with Gasteiger partial charge in [-0.2, -0.15) is 0 Å². The van der Waals surface area contributed by atoms with Crippen molar-refractivity contribution in [2.24, 2.45) is 20.8 Å². The van der Waals surface area contributed by atoms with Gasteiger partial charge in [0.15, 0.2) is 0 Å². The molecular formula is C16H14BLiN4O7. The van der Waals surface area contributed by atoms with Gasteiger partial charge in [-0.15, -0.1) is 0 Å². The van der Waals surface area contributed by atoms with Crippen molar-refractivity contribution in [1.29, 1.82) is 0 Å². The minimum atomic E-state index is -2.29. The van der Waals surface area contributed by atoms with E-state index in [-0.39, 0.29) is 41.5 Å². The Balaban J connectivity index is 0.00000420. The van der Waals surface area contributed by atoms with Crippen LogP contribution in [0.5, 0.6) is 11.5 Å². The summed E-state index contributed by atoms with van der Waals surface area (Å²) in [4.78, 5) is 23.7. The number of carbonyl (C=O) groups excluding carboxylic acids is 2. The smallest absolute Gasteiger partial charge is 0.805 e. The maximum Gasteiger partial charge on any atom is 1.00 e. The SMILES string of the molecule is COc1ccccc1C(=O)N=NOB([O-])ON=NC(=O)c1ccccc1OC.[Li+]. The molecule has 11 nitrogen and oxygen atoms in total. The number of hydrogen-bond donors (Lipinski definition) is 0. The minimum Gasteiger partial charge on any atom is -0.805 e. The van der Waals surface area contributed by atoms with Gasteiger partial charge in [0, 0.05) is 10.6 Å². The monoisotopic (exact) mass is 392 g/mol. The van der Waals surface area contributed by atoms with Crippen molar-refractivity contribution < 1.29 is 52.5 Å². The van der Waals surface area contributed by atoms with Crippen LogP contribution in [0.1, 0.15) is 20.7 Å². The molecule has 0 saturated heterocycles. The van der Waals surface area contributed by atoms with Crippen LogP contribution in [0.15, 0.2) is 69.3 Å². The average molecular weight is 392 g/mol. The summed E-state index contributed by atoms with van der Waals surface area (Å²) >= 11 is 0. The molecule has 0 heterocycles. The Labute approximate surface area is 178 Å². The van der Waals surface area contributed by atoms with Crippen molar-refractivity contribution in [3.63, 3.8) is 0 Å². The molecule has 144 valence electrons. The molecule has 2 rings (SSSR count). The second-order valence-corrected chi connectivity index (χ2v) is 4.87. The molecule has 0 unspecified atom stereocenters. The van der Waals surface area contributed by atoms with E-state index in [1.165, 1.54) is 26.4 Å². The van der Waals surface area contributed by atoms with E-state index in [0.29, 0.717) is 0 Å². The van der Waals surface area contributed by atoms with Crippen LogP contribution in [0, 0.1) is 0 Å². The summed E-state index contributed by atoms with van der Waals surface area (Å²) in [7, 11) is 0.487. The van der Waals surface area contributed by atoms with Gasteiger partial charge >= 0.3 is 38.0 Å². The Hall–Kier alpha value is -3.20. The molecule has 0 bridgehead atoms. The Kier molecular flexibility index (Phi) is 10.1. The van der Waals surface area contributed by atoms with Crippen molar-refractivity contribution in [2.45, 2.75) is 0 Å². The van der Waals surface area contributed by atoms with Crippen molar-refractivity contribution >= 4 is 19.1 Å². The molecule has 0 fully saturated rings. The van der Waals surface area contributed by atoms with Crippen LogP contribution in [-0.4, -0.2) is 33.4 Å². The summed E-state index contributed by atoms with van der Waals surface area (Å²) in [6.45, 7) is 0. The van der Waals surface area contributed by atoms with Gasteiger partial charge in [-0.05, 0) is 24.3 Å². The van der Waals surface area contributed by atoms with E-state index in [9.17, 15) is 14.6 Å². The van der Waals surface area contributed by atoms with Gasteiger partial charge in [0.25, 0.3) is 0 Å². The van der Waals surface area contributed by atoms with Crippen LogP contribution < -0.4 is 33.4 Å². The summed E-state index contributed by atoms with van der Waals surface area (Å²) in [6.07, 6.45) is 0. The van der Waals surface area contributed by atoms with Crippen molar-refractivity contribution in [1.82, 2.24) is 0 Å². The molecule has 0 aromatic heterocycles. The number of carbonyl (C=O) groups is 2. The molecule has 0 radical (unpaired) electrons. The van der Waals surface area contributed by atoms with E-state index < -0.39 is 19.1 Å². The Morgan fingerprint density at radius 3 is 1.55 bits per heavy atom. The third-order valence-corrected chi connectivity index (χ3v) is 3.20. The molecule has 0 atom stereocenters. The zero-order valence-corrected chi connectivity index (χ0v) is 15.8. The van der Waals surface area contributed by atoms with E-state index in [2.05, 4.69) is 30.3 Å². The zero-order valence-electron chi connectivity index (χ0n) is 15.8. The first-order chi connectivity index (χ1) is 13.6. The summed E-state index contributed by atoms with van der Waals surface area (Å²) in [5, 5.41) is 23.8. The Bertz CT molecular complexity index is 826. The first-order valence-electron chi connectivity index (χ1n) is 7.71. The van der Waals surface area contributed by atoms with Crippen LogP contribution >= 0.6 is 0 Å². The maximum absolute atomic E-state index is 11.9. The molecule has 2 amide bonds. The number of nitrogens with zero attached hydrogens (tertiary/aromatic N) is 4. The van der Waals surface area contributed by atoms with Crippen LogP contribution in [0.3, 0.4) is 0 Å². The summed E-state index contributed by atoms with van der Waals surface area (Å²) in [5.74, 6) is -1.02. The van der Waals surface area contributed by atoms with E-state index in [1.807, 2.05) is 0 Å². The van der Waals surface area contributed by atoms with Crippen LogP contribution in [0.2, 0.25) is 0 Å². The van der Waals surface area contributed by atoms with Gasteiger partial charge in [0.05, 0.1) is 25.3 Å². The second kappa shape index (κ2) is 12.3.